The average Bonchev–Trinajstić information content (AvgIpc) is 3.18. The molecule has 0 amide bonds. The van der Waals surface area contributed by atoms with Crippen LogP contribution in [0.5, 0.6) is 0 Å². The highest BCUT2D eigenvalue weighted by molar-refractivity contribution is 6.30. The van der Waals surface area contributed by atoms with Crippen LogP contribution in [0.1, 0.15) is 11.1 Å². The maximum Gasteiger partial charge on any atom is 0.417 e. The third kappa shape index (κ3) is 4.22. The molecule has 0 radical (unpaired) electrons. The molecule has 0 aliphatic rings. The van der Waals surface area contributed by atoms with E-state index in [-0.39, 0.29) is 29.0 Å². The van der Waals surface area contributed by atoms with Gasteiger partial charge in [-0.2, -0.15) is 18.3 Å². The molecule has 5 rings (SSSR count). The summed E-state index contributed by atoms with van der Waals surface area (Å²) in [6.45, 7) is 0.285. The molecule has 0 aliphatic carbocycles. The van der Waals surface area contributed by atoms with Crippen molar-refractivity contribution >= 4 is 22.6 Å². The van der Waals surface area contributed by atoms with E-state index in [1.165, 1.54) is 4.68 Å². The summed E-state index contributed by atoms with van der Waals surface area (Å²) < 4.78 is 44.5. The molecule has 3 aromatic carbocycles. The zero-order valence-corrected chi connectivity index (χ0v) is 18.0. The highest BCUT2D eigenvalue weighted by Gasteiger charge is 2.36. The van der Waals surface area contributed by atoms with Crippen LogP contribution in [-0.2, 0) is 12.7 Å². The topological polar surface area (TPSA) is 30.7 Å². The van der Waals surface area contributed by atoms with Gasteiger partial charge in [-0.1, -0.05) is 84.4 Å². The Hall–Kier alpha value is -3.64. The summed E-state index contributed by atoms with van der Waals surface area (Å²) in [7, 11) is 0. The molecule has 0 N–H and O–H groups in total. The van der Waals surface area contributed by atoms with Crippen LogP contribution in [-0.4, -0.2) is 14.8 Å². The van der Waals surface area contributed by atoms with Gasteiger partial charge in [-0.3, -0.25) is 0 Å². The van der Waals surface area contributed by atoms with Crippen LogP contribution in [0.4, 0.5) is 13.2 Å². The van der Waals surface area contributed by atoms with Crippen molar-refractivity contribution in [3.8, 4) is 22.5 Å². The van der Waals surface area contributed by atoms with Gasteiger partial charge in [0, 0.05) is 16.1 Å². The fourth-order valence-corrected chi connectivity index (χ4v) is 3.95. The van der Waals surface area contributed by atoms with Crippen LogP contribution in [0.2, 0.25) is 5.02 Å². The van der Waals surface area contributed by atoms with Gasteiger partial charge in [0.25, 0.3) is 0 Å². The number of halogens is 4. The third-order valence-corrected chi connectivity index (χ3v) is 5.62. The first kappa shape index (κ1) is 21.2. The molecule has 0 bridgehead atoms. The first-order valence-corrected chi connectivity index (χ1v) is 10.6. The lowest BCUT2D eigenvalue weighted by molar-refractivity contribution is -0.136. The number of benzene rings is 3. The van der Waals surface area contributed by atoms with Gasteiger partial charge in [-0.05, 0) is 23.8 Å². The fraction of sp³-hybridized carbons (Fsp3) is 0.0769. The highest BCUT2D eigenvalue weighted by Crippen LogP contribution is 2.41. The molecule has 2 aromatic heterocycles. The fourth-order valence-electron chi connectivity index (χ4n) is 3.83. The molecule has 0 saturated carbocycles. The molecule has 7 heteroatoms. The largest absolute Gasteiger partial charge is 0.417 e. The SMILES string of the molecule is FC(F)(F)c1cc(-c2ccccc2)nc2c1c(-c1ccc(Cl)cc1)nn2Cc1ccccc1. The van der Waals surface area contributed by atoms with E-state index >= 15 is 0 Å². The normalized spacial score (nSPS) is 11.8. The number of hydrogen-bond donors (Lipinski definition) is 0. The Labute approximate surface area is 193 Å². The standard InChI is InChI=1S/C26H17ClF3N3/c27-20-13-11-19(12-14-20)24-23-21(26(28,29)30)15-22(18-9-5-2-6-10-18)31-25(23)33(32-24)16-17-7-3-1-4-8-17/h1-15H,16H2. The molecule has 0 atom stereocenters. The van der Waals surface area contributed by atoms with E-state index in [0.717, 1.165) is 11.6 Å². The molecule has 0 unspecified atom stereocenters. The molecule has 0 saturated heterocycles. The molecule has 5 aromatic rings. The maximum absolute atomic E-state index is 14.3. The molecule has 0 fully saturated rings. The van der Waals surface area contributed by atoms with Crippen molar-refractivity contribution < 1.29 is 13.2 Å². The Balaban J connectivity index is 1.82. The van der Waals surface area contributed by atoms with E-state index < -0.39 is 11.7 Å². The molecular weight excluding hydrogens is 447 g/mol. The minimum absolute atomic E-state index is 0.0274. The Morgan fingerprint density at radius 3 is 2.06 bits per heavy atom. The molecule has 164 valence electrons. The van der Waals surface area contributed by atoms with E-state index in [2.05, 4.69) is 10.1 Å². The smallest absolute Gasteiger partial charge is 0.242 e. The molecule has 0 aliphatic heterocycles. The summed E-state index contributed by atoms with van der Waals surface area (Å²) in [4.78, 5) is 4.65. The van der Waals surface area contributed by atoms with E-state index in [1.54, 1.807) is 48.5 Å². The summed E-state index contributed by atoms with van der Waals surface area (Å²) in [6.07, 6.45) is -4.59. The molecule has 3 nitrogen and oxygen atoms in total. The van der Waals surface area contributed by atoms with Crippen molar-refractivity contribution in [2.45, 2.75) is 12.7 Å². The predicted octanol–water partition coefficient (Wildman–Crippen LogP) is 7.49. The van der Waals surface area contributed by atoms with Gasteiger partial charge in [0.2, 0.25) is 0 Å². The van der Waals surface area contributed by atoms with Gasteiger partial charge in [0.15, 0.2) is 5.65 Å². The second kappa shape index (κ2) is 8.37. The van der Waals surface area contributed by atoms with Gasteiger partial charge in [-0.15, -0.1) is 0 Å². The summed E-state index contributed by atoms with van der Waals surface area (Å²) in [5.41, 5.74) is 1.92. The molecular formula is C26H17ClF3N3. The van der Waals surface area contributed by atoms with E-state index in [0.29, 0.717) is 16.1 Å². The lowest BCUT2D eigenvalue weighted by atomic mass is 10.0. The Bertz CT molecular complexity index is 1410. The zero-order chi connectivity index (χ0) is 23.0. The minimum atomic E-state index is -4.59. The number of aromatic nitrogens is 3. The van der Waals surface area contributed by atoms with Crippen LogP contribution in [0, 0.1) is 0 Å². The van der Waals surface area contributed by atoms with Crippen LogP contribution in [0.25, 0.3) is 33.5 Å². The second-order valence-corrected chi connectivity index (χ2v) is 8.05. The second-order valence-electron chi connectivity index (χ2n) is 7.62. The monoisotopic (exact) mass is 463 g/mol. The third-order valence-electron chi connectivity index (χ3n) is 5.37. The van der Waals surface area contributed by atoms with E-state index in [1.807, 2.05) is 36.4 Å². The molecule has 0 spiro atoms. The lowest BCUT2D eigenvalue weighted by Crippen LogP contribution is -2.08. The number of rotatable bonds is 4. The van der Waals surface area contributed by atoms with Crippen molar-refractivity contribution in [1.82, 2.24) is 14.8 Å². The van der Waals surface area contributed by atoms with Crippen LogP contribution in [0.15, 0.2) is 91.0 Å². The van der Waals surface area contributed by atoms with Crippen molar-refractivity contribution in [2.75, 3.05) is 0 Å². The number of pyridine rings is 1. The van der Waals surface area contributed by atoms with Gasteiger partial charge in [0.1, 0.15) is 5.69 Å². The Kier molecular flexibility index (Phi) is 5.38. The van der Waals surface area contributed by atoms with E-state index in [4.69, 9.17) is 11.6 Å². The van der Waals surface area contributed by atoms with Crippen molar-refractivity contribution in [1.29, 1.82) is 0 Å². The van der Waals surface area contributed by atoms with E-state index in [9.17, 15) is 13.2 Å². The first-order chi connectivity index (χ1) is 15.9. The maximum atomic E-state index is 14.3. The molecule has 2 heterocycles. The lowest BCUT2D eigenvalue weighted by Gasteiger charge is -2.12. The Morgan fingerprint density at radius 1 is 0.788 bits per heavy atom. The number of fused-ring (bicyclic) bond motifs is 1. The van der Waals surface area contributed by atoms with Gasteiger partial charge < -0.3 is 0 Å². The molecule has 33 heavy (non-hydrogen) atoms. The van der Waals surface area contributed by atoms with Crippen molar-refractivity contribution in [3.05, 3.63) is 107 Å². The quantitative estimate of drug-likeness (QED) is 0.276. The minimum Gasteiger partial charge on any atom is -0.242 e. The summed E-state index contributed by atoms with van der Waals surface area (Å²) >= 11 is 6.00. The van der Waals surface area contributed by atoms with Crippen LogP contribution >= 0.6 is 11.6 Å². The summed E-state index contributed by atoms with van der Waals surface area (Å²) in [5.74, 6) is 0. The number of alkyl halides is 3. The summed E-state index contributed by atoms with van der Waals surface area (Å²) in [5, 5.41) is 5.07. The van der Waals surface area contributed by atoms with Crippen LogP contribution in [0.3, 0.4) is 0 Å². The van der Waals surface area contributed by atoms with Gasteiger partial charge in [0.05, 0.1) is 23.2 Å². The first-order valence-electron chi connectivity index (χ1n) is 10.2. The van der Waals surface area contributed by atoms with Crippen LogP contribution < -0.4 is 0 Å². The summed E-state index contributed by atoms with van der Waals surface area (Å²) in [6, 6.07) is 26.0. The average molecular weight is 464 g/mol. The van der Waals surface area contributed by atoms with Crippen molar-refractivity contribution in [2.24, 2.45) is 0 Å². The van der Waals surface area contributed by atoms with Gasteiger partial charge in [-0.25, -0.2) is 9.67 Å². The number of hydrogen-bond acceptors (Lipinski definition) is 2. The zero-order valence-electron chi connectivity index (χ0n) is 17.2. The van der Waals surface area contributed by atoms with Gasteiger partial charge >= 0.3 is 6.18 Å². The Morgan fingerprint density at radius 2 is 1.42 bits per heavy atom. The number of nitrogens with zero attached hydrogens (tertiary/aromatic N) is 3. The van der Waals surface area contributed by atoms with Crippen molar-refractivity contribution in [3.63, 3.8) is 0 Å². The highest BCUT2D eigenvalue weighted by atomic mass is 35.5. The predicted molar refractivity (Wildman–Crippen MR) is 124 cm³/mol.